The number of amides is 1. The van der Waals surface area contributed by atoms with Gasteiger partial charge in [-0.15, -0.1) is 0 Å². The normalized spacial score (nSPS) is 11.6. The van der Waals surface area contributed by atoms with Crippen molar-refractivity contribution in [1.82, 2.24) is 15.0 Å². The Bertz CT molecular complexity index is 1410. The Morgan fingerprint density at radius 3 is 2.44 bits per heavy atom. The van der Waals surface area contributed by atoms with Crippen LogP contribution in [-0.4, -0.2) is 33.7 Å². The zero-order valence-corrected chi connectivity index (χ0v) is 18.5. The van der Waals surface area contributed by atoms with Crippen LogP contribution in [0.5, 0.6) is 0 Å². The summed E-state index contributed by atoms with van der Waals surface area (Å²) < 4.78 is 51.1. The lowest BCUT2D eigenvalue weighted by atomic mass is 10.0. The van der Waals surface area contributed by atoms with Crippen LogP contribution in [0.2, 0.25) is 0 Å². The molecule has 4 aromatic rings. The van der Waals surface area contributed by atoms with E-state index in [4.69, 9.17) is 14.2 Å². The quantitative estimate of drug-likeness (QED) is 0.385. The van der Waals surface area contributed by atoms with Crippen molar-refractivity contribution in [3.8, 4) is 17.3 Å². The van der Waals surface area contributed by atoms with E-state index < -0.39 is 18.6 Å². The lowest BCUT2D eigenvalue weighted by Gasteiger charge is -2.24. The maximum Gasteiger partial charge on any atom is 0.406 e. The number of hydrogen-bond donors (Lipinski definition) is 0. The van der Waals surface area contributed by atoms with Gasteiger partial charge >= 0.3 is 6.18 Å². The number of carbonyl (C=O) groups excluding carboxylic acids is 1. The standard InChI is InChI=1S/C24H19F3N4O3/c1-13-8-18(15(3)33-13)20-9-19(21-14(2)30-34-22(21)29-20)23(32)31(12-24(25,26)27)11-17-6-4-16(10-28)5-7-17/h4-9H,11-12H2,1-3H3. The molecular formula is C24H19F3N4O3. The van der Waals surface area contributed by atoms with Crippen LogP contribution >= 0.6 is 0 Å². The highest BCUT2D eigenvalue weighted by atomic mass is 19.4. The van der Waals surface area contributed by atoms with Crippen LogP contribution in [0.15, 0.2) is 45.3 Å². The van der Waals surface area contributed by atoms with Crippen molar-refractivity contribution in [3.63, 3.8) is 0 Å². The van der Waals surface area contributed by atoms with Crippen molar-refractivity contribution in [1.29, 1.82) is 5.26 Å². The molecule has 34 heavy (non-hydrogen) atoms. The van der Waals surface area contributed by atoms with Crippen LogP contribution in [0.3, 0.4) is 0 Å². The summed E-state index contributed by atoms with van der Waals surface area (Å²) in [5, 5.41) is 13.1. The number of rotatable bonds is 5. The van der Waals surface area contributed by atoms with Crippen molar-refractivity contribution in [3.05, 3.63) is 70.3 Å². The minimum absolute atomic E-state index is 0.00472. The van der Waals surface area contributed by atoms with Crippen LogP contribution < -0.4 is 0 Å². The molecule has 4 rings (SSSR count). The SMILES string of the molecule is Cc1cc(-c2cc(C(=O)N(Cc3ccc(C#N)cc3)CC(F)(F)F)c3c(C)noc3n2)c(C)o1. The van der Waals surface area contributed by atoms with Gasteiger partial charge in [-0.3, -0.25) is 4.79 Å². The fourth-order valence-electron chi connectivity index (χ4n) is 3.78. The average Bonchev–Trinajstić information content (AvgIpc) is 3.32. The molecule has 0 saturated heterocycles. The summed E-state index contributed by atoms with van der Waals surface area (Å²) in [6.45, 7) is 3.30. The van der Waals surface area contributed by atoms with E-state index in [0.717, 1.165) is 0 Å². The van der Waals surface area contributed by atoms with Gasteiger partial charge in [0.2, 0.25) is 0 Å². The number of hydrogen-bond acceptors (Lipinski definition) is 6. The van der Waals surface area contributed by atoms with E-state index in [1.807, 2.05) is 6.07 Å². The average molecular weight is 468 g/mol. The van der Waals surface area contributed by atoms with E-state index in [2.05, 4.69) is 10.1 Å². The molecule has 174 valence electrons. The van der Waals surface area contributed by atoms with Gasteiger partial charge in [0.05, 0.1) is 34.0 Å². The van der Waals surface area contributed by atoms with Gasteiger partial charge in [0.25, 0.3) is 11.6 Å². The van der Waals surface area contributed by atoms with Gasteiger partial charge in [0.1, 0.15) is 18.1 Å². The van der Waals surface area contributed by atoms with Gasteiger partial charge in [-0.05, 0) is 50.6 Å². The molecule has 0 aliphatic rings. The Morgan fingerprint density at radius 1 is 1.15 bits per heavy atom. The summed E-state index contributed by atoms with van der Waals surface area (Å²) >= 11 is 0. The zero-order chi connectivity index (χ0) is 24.6. The molecule has 0 N–H and O–H groups in total. The molecule has 0 spiro atoms. The van der Waals surface area contributed by atoms with Gasteiger partial charge in [0.15, 0.2) is 0 Å². The van der Waals surface area contributed by atoms with Crippen molar-refractivity contribution in [2.45, 2.75) is 33.5 Å². The van der Waals surface area contributed by atoms with E-state index in [0.29, 0.717) is 44.5 Å². The third-order valence-electron chi connectivity index (χ3n) is 5.28. The first-order valence-corrected chi connectivity index (χ1v) is 10.2. The fourth-order valence-corrected chi connectivity index (χ4v) is 3.78. The monoisotopic (exact) mass is 468 g/mol. The zero-order valence-electron chi connectivity index (χ0n) is 18.5. The van der Waals surface area contributed by atoms with Gasteiger partial charge in [-0.25, -0.2) is 4.98 Å². The topological polar surface area (TPSA) is 96.2 Å². The van der Waals surface area contributed by atoms with Gasteiger partial charge in [0, 0.05) is 12.1 Å². The number of alkyl halides is 3. The smallest absolute Gasteiger partial charge is 0.406 e. The van der Waals surface area contributed by atoms with Crippen LogP contribution in [0.25, 0.3) is 22.4 Å². The molecule has 0 unspecified atom stereocenters. The number of furan rings is 1. The van der Waals surface area contributed by atoms with E-state index >= 15 is 0 Å². The van der Waals surface area contributed by atoms with Gasteiger partial charge in [-0.2, -0.15) is 18.4 Å². The molecule has 0 saturated carbocycles. The van der Waals surface area contributed by atoms with E-state index in [9.17, 15) is 18.0 Å². The maximum absolute atomic E-state index is 13.5. The number of nitriles is 1. The number of aryl methyl sites for hydroxylation is 3. The van der Waals surface area contributed by atoms with E-state index in [-0.39, 0.29) is 23.2 Å². The molecule has 0 fully saturated rings. The first-order valence-electron chi connectivity index (χ1n) is 10.2. The minimum atomic E-state index is -4.63. The molecule has 1 amide bonds. The minimum Gasteiger partial charge on any atom is -0.466 e. The third-order valence-corrected chi connectivity index (χ3v) is 5.28. The summed E-state index contributed by atoms with van der Waals surface area (Å²) in [7, 11) is 0. The molecule has 0 aliphatic heterocycles. The maximum atomic E-state index is 13.5. The second-order valence-electron chi connectivity index (χ2n) is 7.92. The van der Waals surface area contributed by atoms with Crippen molar-refractivity contribution in [2.24, 2.45) is 0 Å². The molecule has 10 heteroatoms. The number of pyridine rings is 1. The predicted octanol–water partition coefficient (Wildman–Crippen LogP) is 5.48. The van der Waals surface area contributed by atoms with E-state index in [1.165, 1.54) is 30.3 Å². The van der Waals surface area contributed by atoms with Crippen LogP contribution in [0.4, 0.5) is 13.2 Å². The summed E-state index contributed by atoms with van der Waals surface area (Å²) in [5.74, 6) is 0.318. The molecule has 0 atom stereocenters. The Morgan fingerprint density at radius 2 is 1.85 bits per heavy atom. The van der Waals surface area contributed by atoms with E-state index in [1.54, 1.807) is 26.8 Å². The first kappa shape index (κ1) is 23.0. The van der Waals surface area contributed by atoms with Crippen LogP contribution in [0.1, 0.15) is 38.7 Å². The lowest BCUT2D eigenvalue weighted by molar-refractivity contribution is -0.141. The summed E-state index contributed by atoms with van der Waals surface area (Å²) in [6, 6.07) is 11.1. The number of benzene rings is 1. The Hall–Kier alpha value is -4.13. The number of nitrogens with zero attached hydrogens (tertiary/aromatic N) is 4. The number of fused-ring (bicyclic) bond motifs is 1. The predicted molar refractivity (Wildman–Crippen MR) is 116 cm³/mol. The summed E-state index contributed by atoms with van der Waals surface area (Å²) in [4.78, 5) is 18.7. The highest BCUT2D eigenvalue weighted by molar-refractivity contribution is 6.07. The lowest BCUT2D eigenvalue weighted by Crippen LogP contribution is -2.38. The number of halogens is 3. The highest BCUT2D eigenvalue weighted by Crippen LogP contribution is 2.32. The molecule has 3 aromatic heterocycles. The summed E-state index contributed by atoms with van der Waals surface area (Å²) in [5.41, 5.74) is 2.11. The molecule has 7 nitrogen and oxygen atoms in total. The first-order chi connectivity index (χ1) is 16.1. The second-order valence-corrected chi connectivity index (χ2v) is 7.92. The van der Waals surface area contributed by atoms with Crippen molar-refractivity contribution in [2.75, 3.05) is 6.54 Å². The number of carbonyl (C=O) groups is 1. The number of aromatic nitrogens is 2. The van der Waals surface area contributed by atoms with Gasteiger partial charge < -0.3 is 13.8 Å². The highest BCUT2D eigenvalue weighted by Gasteiger charge is 2.35. The van der Waals surface area contributed by atoms with Crippen molar-refractivity contribution < 1.29 is 26.9 Å². The molecule has 0 bridgehead atoms. The molecule has 3 heterocycles. The fraction of sp³-hybridized carbons (Fsp3) is 0.250. The van der Waals surface area contributed by atoms with Gasteiger partial charge in [-0.1, -0.05) is 17.3 Å². The third kappa shape index (κ3) is 4.64. The van der Waals surface area contributed by atoms with Crippen molar-refractivity contribution >= 4 is 17.0 Å². The molecule has 1 aromatic carbocycles. The molecule has 0 aliphatic carbocycles. The Balaban J connectivity index is 1.81. The largest absolute Gasteiger partial charge is 0.466 e. The second kappa shape index (κ2) is 8.67. The molecular weight excluding hydrogens is 449 g/mol. The van der Waals surface area contributed by atoms with Crippen LogP contribution in [0, 0.1) is 32.1 Å². The molecule has 0 radical (unpaired) electrons. The Labute approximate surface area is 192 Å². The summed E-state index contributed by atoms with van der Waals surface area (Å²) in [6.07, 6.45) is -4.63. The Kier molecular flexibility index (Phi) is 5.87. The van der Waals surface area contributed by atoms with Crippen LogP contribution in [-0.2, 0) is 6.54 Å².